The molecule has 6 nitrogen and oxygen atoms in total. The van der Waals surface area contributed by atoms with E-state index in [-0.39, 0.29) is 34.1 Å². The quantitative estimate of drug-likeness (QED) is 0.763. The lowest BCUT2D eigenvalue weighted by atomic mass is 10.3. The van der Waals surface area contributed by atoms with Crippen LogP contribution in [0.5, 0.6) is 0 Å². The molecule has 2 heterocycles. The number of carbonyl (C=O) groups excluding carboxylic acids is 1. The van der Waals surface area contributed by atoms with Crippen LogP contribution in [0.4, 0.5) is 4.79 Å². The van der Waals surface area contributed by atoms with Gasteiger partial charge in [-0.25, -0.2) is 13.2 Å². The third-order valence-corrected chi connectivity index (χ3v) is 8.06. The first-order valence-electron chi connectivity index (χ1n) is 8.39. The highest BCUT2D eigenvalue weighted by Crippen LogP contribution is 2.31. The van der Waals surface area contributed by atoms with Crippen LogP contribution >= 0.6 is 34.5 Å². The van der Waals surface area contributed by atoms with E-state index in [2.05, 4.69) is 5.32 Å². The molecule has 2 amide bonds. The van der Waals surface area contributed by atoms with Crippen molar-refractivity contribution in [2.24, 2.45) is 0 Å². The lowest BCUT2D eigenvalue weighted by Crippen LogP contribution is -2.53. The Kier molecular flexibility index (Phi) is 6.65. The van der Waals surface area contributed by atoms with Crippen LogP contribution in [-0.2, 0) is 16.4 Å². The molecule has 1 aromatic heterocycles. The Bertz CT molecular complexity index is 876. The largest absolute Gasteiger partial charge is 0.338 e. The molecule has 27 heavy (non-hydrogen) atoms. The number of nitrogens with zero attached hydrogens (tertiary/aromatic N) is 2. The van der Waals surface area contributed by atoms with Gasteiger partial charge in [-0.3, -0.25) is 0 Å². The monoisotopic (exact) mass is 447 g/mol. The van der Waals surface area contributed by atoms with E-state index in [1.165, 1.54) is 21.3 Å². The SMILES string of the molecule is O=C(NCCc1cccs1)N1CCN(S(=O)(=O)c2c(Cl)cccc2Cl)CC1. The molecular weight excluding hydrogens is 429 g/mol. The van der Waals surface area contributed by atoms with Crippen LogP contribution in [0.1, 0.15) is 4.88 Å². The van der Waals surface area contributed by atoms with Gasteiger partial charge in [0.05, 0.1) is 10.0 Å². The molecule has 0 unspecified atom stereocenters. The number of sulfonamides is 1. The van der Waals surface area contributed by atoms with Gasteiger partial charge >= 0.3 is 6.03 Å². The molecule has 1 N–H and O–H groups in total. The number of carbonyl (C=O) groups is 1. The molecule has 1 aliphatic rings. The zero-order valence-corrected chi connectivity index (χ0v) is 17.5. The number of amides is 2. The summed E-state index contributed by atoms with van der Waals surface area (Å²) >= 11 is 13.7. The topological polar surface area (TPSA) is 69.7 Å². The minimum Gasteiger partial charge on any atom is -0.338 e. The second-order valence-electron chi connectivity index (χ2n) is 6.00. The number of piperazine rings is 1. The zero-order chi connectivity index (χ0) is 19.4. The third-order valence-electron chi connectivity index (χ3n) is 4.27. The van der Waals surface area contributed by atoms with Crippen LogP contribution < -0.4 is 5.32 Å². The minimum atomic E-state index is -3.81. The van der Waals surface area contributed by atoms with Crippen molar-refractivity contribution in [3.05, 3.63) is 50.6 Å². The molecule has 0 saturated carbocycles. The van der Waals surface area contributed by atoms with E-state index in [1.807, 2.05) is 17.5 Å². The highest BCUT2D eigenvalue weighted by molar-refractivity contribution is 7.89. The van der Waals surface area contributed by atoms with E-state index >= 15 is 0 Å². The molecular formula is C17H19Cl2N3O3S2. The number of thiophene rings is 1. The van der Waals surface area contributed by atoms with Crippen LogP contribution in [0.3, 0.4) is 0 Å². The fourth-order valence-electron chi connectivity index (χ4n) is 2.85. The Balaban J connectivity index is 1.55. The van der Waals surface area contributed by atoms with Gasteiger partial charge in [0.2, 0.25) is 10.0 Å². The Hall–Kier alpha value is -1.32. The van der Waals surface area contributed by atoms with Gasteiger partial charge in [-0.2, -0.15) is 4.31 Å². The summed E-state index contributed by atoms with van der Waals surface area (Å²) in [5.41, 5.74) is 0. The number of hydrogen-bond donors (Lipinski definition) is 1. The molecule has 3 rings (SSSR count). The molecule has 0 atom stereocenters. The fourth-order valence-corrected chi connectivity index (χ4v) is 6.07. The van der Waals surface area contributed by atoms with E-state index in [4.69, 9.17) is 23.2 Å². The van der Waals surface area contributed by atoms with Crippen LogP contribution in [-0.4, -0.2) is 56.4 Å². The molecule has 1 saturated heterocycles. The minimum absolute atomic E-state index is 0.0813. The van der Waals surface area contributed by atoms with Crippen molar-refractivity contribution in [1.29, 1.82) is 0 Å². The van der Waals surface area contributed by atoms with Crippen molar-refractivity contribution < 1.29 is 13.2 Å². The fraction of sp³-hybridized carbons (Fsp3) is 0.353. The van der Waals surface area contributed by atoms with Crippen LogP contribution in [0.25, 0.3) is 0 Å². The van der Waals surface area contributed by atoms with Gasteiger partial charge in [0, 0.05) is 37.6 Å². The summed E-state index contributed by atoms with van der Waals surface area (Å²) in [6.45, 7) is 1.57. The van der Waals surface area contributed by atoms with Gasteiger partial charge in [-0.15, -0.1) is 11.3 Å². The smallest absolute Gasteiger partial charge is 0.317 e. The van der Waals surface area contributed by atoms with Crippen molar-refractivity contribution in [2.75, 3.05) is 32.7 Å². The first-order valence-corrected chi connectivity index (χ1v) is 11.5. The van der Waals surface area contributed by atoms with E-state index in [9.17, 15) is 13.2 Å². The summed E-state index contributed by atoms with van der Waals surface area (Å²) < 4.78 is 27.0. The molecule has 1 fully saturated rings. The number of benzene rings is 1. The summed E-state index contributed by atoms with van der Waals surface area (Å²) in [6.07, 6.45) is 0.781. The zero-order valence-electron chi connectivity index (χ0n) is 14.4. The summed E-state index contributed by atoms with van der Waals surface area (Å²) in [5.74, 6) is 0. The molecule has 0 radical (unpaired) electrons. The summed E-state index contributed by atoms with van der Waals surface area (Å²) in [7, 11) is -3.81. The molecule has 0 aliphatic carbocycles. The Morgan fingerprint density at radius 2 is 1.74 bits per heavy atom. The van der Waals surface area contributed by atoms with E-state index in [1.54, 1.807) is 22.3 Å². The normalized spacial score (nSPS) is 15.7. The van der Waals surface area contributed by atoms with Crippen molar-refractivity contribution in [2.45, 2.75) is 11.3 Å². The maximum absolute atomic E-state index is 12.8. The highest BCUT2D eigenvalue weighted by Gasteiger charge is 2.32. The number of rotatable bonds is 5. The lowest BCUT2D eigenvalue weighted by Gasteiger charge is -2.34. The third kappa shape index (κ3) is 4.75. The van der Waals surface area contributed by atoms with Gasteiger partial charge < -0.3 is 10.2 Å². The first kappa shape index (κ1) is 20.4. The number of hydrogen-bond acceptors (Lipinski definition) is 4. The standard InChI is InChI=1S/C17H19Cl2N3O3S2/c18-14-4-1-5-15(19)16(14)27(24,25)22-10-8-21(9-11-22)17(23)20-7-6-13-3-2-12-26-13/h1-5,12H,6-11H2,(H,20,23). The van der Waals surface area contributed by atoms with Gasteiger partial charge in [0.15, 0.2) is 0 Å². The molecule has 0 bridgehead atoms. The maximum atomic E-state index is 12.8. The van der Waals surface area contributed by atoms with Gasteiger partial charge in [0.1, 0.15) is 4.90 Å². The van der Waals surface area contributed by atoms with E-state index in [0.29, 0.717) is 19.6 Å². The second kappa shape index (κ2) is 8.79. The van der Waals surface area contributed by atoms with Crippen molar-refractivity contribution >= 4 is 50.6 Å². The number of nitrogens with one attached hydrogen (secondary N) is 1. The van der Waals surface area contributed by atoms with Crippen LogP contribution in [0.15, 0.2) is 40.6 Å². The molecule has 1 aliphatic heterocycles. The Morgan fingerprint density at radius 3 is 2.33 bits per heavy atom. The van der Waals surface area contributed by atoms with Gasteiger partial charge in [0.25, 0.3) is 0 Å². The molecule has 0 spiro atoms. The van der Waals surface area contributed by atoms with Crippen molar-refractivity contribution in [3.63, 3.8) is 0 Å². The maximum Gasteiger partial charge on any atom is 0.317 e. The highest BCUT2D eigenvalue weighted by atomic mass is 35.5. The van der Waals surface area contributed by atoms with Gasteiger partial charge in [-0.1, -0.05) is 35.3 Å². The van der Waals surface area contributed by atoms with Crippen molar-refractivity contribution in [1.82, 2.24) is 14.5 Å². The number of urea groups is 1. The summed E-state index contributed by atoms with van der Waals surface area (Å²) in [6, 6.07) is 8.42. The van der Waals surface area contributed by atoms with E-state index < -0.39 is 10.0 Å². The first-order chi connectivity index (χ1) is 12.9. The van der Waals surface area contributed by atoms with Gasteiger partial charge in [-0.05, 0) is 30.0 Å². The summed E-state index contributed by atoms with van der Waals surface area (Å²) in [5, 5.41) is 5.07. The number of halogens is 2. The molecule has 2 aromatic rings. The van der Waals surface area contributed by atoms with Crippen LogP contribution in [0, 0.1) is 0 Å². The second-order valence-corrected chi connectivity index (χ2v) is 9.72. The Labute approximate surface area is 172 Å². The van der Waals surface area contributed by atoms with Crippen molar-refractivity contribution in [3.8, 4) is 0 Å². The molecule has 1 aromatic carbocycles. The average molecular weight is 448 g/mol. The molecule has 146 valence electrons. The van der Waals surface area contributed by atoms with E-state index in [0.717, 1.165) is 6.42 Å². The lowest BCUT2D eigenvalue weighted by molar-refractivity contribution is 0.172. The Morgan fingerprint density at radius 1 is 1.07 bits per heavy atom. The average Bonchev–Trinajstić information content (AvgIpc) is 3.15. The predicted octanol–water partition coefficient (Wildman–Crippen LogP) is 3.31. The molecule has 10 heteroatoms. The van der Waals surface area contributed by atoms with Crippen LogP contribution in [0.2, 0.25) is 10.0 Å². The predicted molar refractivity (Wildman–Crippen MR) is 108 cm³/mol. The summed E-state index contributed by atoms with van der Waals surface area (Å²) in [4.78, 5) is 15.0.